The van der Waals surface area contributed by atoms with Crippen LogP contribution in [-0.4, -0.2) is 18.6 Å². The summed E-state index contributed by atoms with van der Waals surface area (Å²) in [5, 5.41) is 3.18. The second-order valence-electron chi connectivity index (χ2n) is 3.85. The molecule has 0 amide bonds. The van der Waals surface area contributed by atoms with E-state index in [0.29, 0.717) is 6.54 Å². The third kappa shape index (κ3) is 2.65. The molecular weight excluding hydrogens is 232 g/mol. The standard InChI is InChI=1S/C13H16N2OS/c1-9-7-10(16-2)3-4-11(9)12-8-17-13(15-12)5-6-14/h3-4,7-8H,5-6,14H2,1-2H3. The first kappa shape index (κ1) is 12.1. The predicted molar refractivity (Wildman–Crippen MR) is 71.6 cm³/mol. The molecule has 0 fully saturated rings. The highest BCUT2D eigenvalue weighted by molar-refractivity contribution is 7.09. The summed E-state index contributed by atoms with van der Waals surface area (Å²) in [5.74, 6) is 0.878. The monoisotopic (exact) mass is 248 g/mol. The van der Waals surface area contributed by atoms with Crippen LogP contribution < -0.4 is 10.5 Å². The fourth-order valence-electron chi connectivity index (χ4n) is 1.72. The molecule has 0 atom stereocenters. The Morgan fingerprint density at radius 1 is 1.41 bits per heavy atom. The van der Waals surface area contributed by atoms with Crippen LogP contribution in [0.25, 0.3) is 11.3 Å². The Kier molecular flexibility index (Phi) is 3.76. The van der Waals surface area contributed by atoms with Crippen molar-refractivity contribution in [3.05, 3.63) is 34.2 Å². The van der Waals surface area contributed by atoms with E-state index in [1.54, 1.807) is 18.4 Å². The first-order valence-electron chi connectivity index (χ1n) is 5.54. The van der Waals surface area contributed by atoms with Gasteiger partial charge < -0.3 is 10.5 Å². The van der Waals surface area contributed by atoms with Crippen molar-refractivity contribution in [2.75, 3.05) is 13.7 Å². The van der Waals surface area contributed by atoms with Crippen molar-refractivity contribution in [2.24, 2.45) is 5.73 Å². The largest absolute Gasteiger partial charge is 0.497 e. The molecule has 2 aromatic rings. The zero-order valence-electron chi connectivity index (χ0n) is 10.1. The Bertz CT molecular complexity index is 508. The topological polar surface area (TPSA) is 48.1 Å². The van der Waals surface area contributed by atoms with Crippen LogP contribution in [0.15, 0.2) is 23.6 Å². The number of benzene rings is 1. The summed E-state index contributed by atoms with van der Waals surface area (Å²) < 4.78 is 5.20. The maximum absolute atomic E-state index is 5.53. The molecule has 0 saturated heterocycles. The van der Waals surface area contributed by atoms with E-state index in [0.717, 1.165) is 28.4 Å². The van der Waals surface area contributed by atoms with Crippen LogP contribution >= 0.6 is 11.3 Å². The van der Waals surface area contributed by atoms with Crippen molar-refractivity contribution < 1.29 is 4.74 Å². The third-order valence-electron chi connectivity index (χ3n) is 2.62. The van der Waals surface area contributed by atoms with Crippen LogP contribution in [0.1, 0.15) is 10.6 Å². The Hall–Kier alpha value is -1.39. The molecular formula is C13H16N2OS. The lowest BCUT2D eigenvalue weighted by atomic mass is 10.1. The predicted octanol–water partition coefficient (Wildman–Crippen LogP) is 2.63. The van der Waals surface area contributed by atoms with E-state index < -0.39 is 0 Å². The fourth-order valence-corrected chi connectivity index (χ4v) is 2.54. The molecule has 0 aliphatic rings. The van der Waals surface area contributed by atoms with Crippen LogP contribution in [-0.2, 0) is 6.42 Å². The lowest BCUT2D eigenvalue weighted by Crippen LogP contribution is -2.02. The number of rotatable bonds is 4. The summed E-state index contributed by atoms with van der Waals surface area (Å²) in [7, 11) is 1.68. The van der Waals surface area contributed by atoms with E-state index in [9.17, 15) is 0 Å². The summed E-state index contributed by atoms with van der Waals surface area (Å²) in [4.78, 5) is 4.58. The van der Waals surface area contributed by atoms with Gasteiger partial charge in [-0.2, -0.15) is 0 Å². The molecule has 0 bridgehead atoms. The Balaban J connectivity index is 2.32. The van der Waals surface area contributed by atoms with Crippen LogP contribution in [0, 0.1) is 6.92 Å². The molecule has 90 valence electrons. The van der Waals surface area contributed by atoms with E-state index in [-0.39, 0.29) is 0 Å². The van der Waals surface area contributed by atoms with Gasteiger partial charge in [0.15, 0.2) is 0 Å². The summed E-state index contributed by atoms with van der Waals surface area (Å²) in [6.45, 7) is 2.72. The SMILES string of the molecule is COc1ccc(-c2csc(CCN)n2)c(C)c1. The summed E-state index contributed by atoms with van der Waals surface area (Å²) in [5.41, 5.74) is 8.89. The summed E-state index contributed by atoms with van der Waals surface area (Å²) in [6.07, 6.45) is 0.847. The number of nitrogens with two attached hydrogens (primary N) is 1. The van der Waals surface area contributed by atoms with E-state index in [1.807, 2.05) is 12.1 Å². The van der Waals surface area contributed by atoms with E-state index in [4.69, 9.17) is 10.5 Å². The molecule has 0 saturated carbocycles. The number of nitrogens with zero attached hydrogens (tertiary/aromatic N) is 1. The number of thiazole rings is 1. The highest BCUT2D eigenvalue weighted by Gasteiger charge is 2.07. The van der Waals surface area contributed by atoms with Crippen LogP contribution in [0.2, 0.25) is 0 Å². The molecule has 0 spiro atoms. The molecule has 3 nitrogen and oxygen atoms in total. The van der Waals surface area contributed by atoms with E-state index in [2.05, 4.69) is 23.4 Å². The van der Waals surface area contributed by atoms with Crippen LogP contribution in [0.3, 0.4) is 0 Å². The molecule has 17 heavy (non-hydrogen) atoms. The van der Waals surface area contributed by atoms with Gasteiger partial charge in [0, 0.05) is 17.4 Å². The van der Waals surface area contributed by atoms with Crippen molar-refractivity contribution in [3.8, 4) is 17.0 Å². The highest BCUT2D eigenvalue weighted by atomic mass is 32.1. The summed E-state index contributed by atoms with van der Waals surface area (Å²) in [6, 6.07) is 6.04. The van der Waals surface area contributed by atoms with Gasteiger partial charge >= 0.3 is 0 Å². The molecule has 1 aromatic carbocycles. The number of methoxy groups -OCH3 is 1. The van der Waals surface area contributed by atoms with Crippen LogP contribution in [0.5, 0.6) is 5.75 Å². The van der Waals surface area contributed by atoms with Gasteiger partial charge in [0.2, 0.25) is 0 Å². The number of hydrogen-bond acceptors (Lipinski definition) is 4. The second-order valence-corrected chi connectivity index (χ2v) is 4.79. The molecule has 0 aliphatic heterocycles. The first-order valence-corrected chi connectivity index (χ1v) is 6.42. The van der Waals surface area contributed by atoms with Gasteiger partial charge in [-0.05, 0) is 37.2 Å². The minimum Gasteiger partial charge on any atom is -0.497 e. The number of ether oxygens (including phenoxy) is 1. The fraction of sp³-hybridized carbons (Fsp3) is 0.308. The lowest BCUT2D eigenvalue weighted by molar-refractivity contribution is 0.414. The number of aromatic nitrogens is 1. The first-order chi connectivity index (χ1) is 8.24. The summed E-state index contributed by atoms with van der Waals surface area (Å²) >= 11 is 1.67. The van der Waals surface area contributed by atoms with Crippen molar-refractivity contribution in [3.63, 3.8) is 0 Å². The van der Waals surface area contributed by atoms with Gasteiger partial charge in [-0.15, -0.1) is 11.3 Å². The molecule has 2 N–H and O–H groups in total. The van der Waals surface area contributed by atoms with Gasteiger partial charge in [-0.3, -0.25) is 0 Å². The van der Waals surface area contributed by atoms with Crippen molar-refractivity contribution in [1.29, 1.82) is 0 Å². The normalized spacial score (nSPS) is 10.5. The Labute approximate surface area is 105 Å². The van der Waals surface area contributed by atoms with E-state index >= 15 is 0 Å². The molecule has 1 heterocycles. The quantitative estimate of drug-likeness (QED) is 0.904. The smallest absolute Gasteiger partial charge is 0.119 e. The molecule has 0 unspecified atom stereocenters. The average Bonchev–Trinajstić information content (AvgIpc) is 2.78. The third-order valence-corrected chi connectivity index (χ3v) is 3.53. The van der Waals surface area contributed by atoms with Crippen molar-refractivity contribution >= 4 is 11.3 Å². The van der Waals surface area contributed by atoms with Crippen molar-refractivity contribution in [2.45, 2.75) is 13.3 Å². The minimum absolute atomic E-state index is 0.647. The van der Waals surface area contributed by atoms with Gasteiger partial charge in [0.05, 0.1) is 17.8 Å². The van der Waals surface area contributed by atoms with Gasteiger partial charge in [0.25, 0.3) is 0 Å². The van der Waals surface area contributed by atoms with Gasteiger partial charge in [-0.1, -0.05) is 0 Å². The van der Waals surface area contributed by atoms with Gasteiger partial charge in [0.1, 0.15) is 5.75 Å². The van der Waals surface area contributed by atoms with Crippen LogP contribution in [0.4, 0.5) is 0 Å². The Morgan fingerprint density at radius 3 is 2.88 bits per heavy atom. The zero-order valence-corrected chi connectivity index (χ0v) is 10.9. The van der Waals surface area contributed by atoms with E-state index in [1.165, 1.54) is 5.56 Å². The maximum atomic E-state index is 5.53. The lowest BCUT2D eigenvalue weighted by Gasteiger charge is -2.05. The average molecular weight is 248 g/mol. The molecule has 2 rings (SSSR count). The second kappa shape index (κ2) is 5.29. The highest BCUT2D eigenvalue weighted by Crippen LogP contribution is 2.27. The molecule has 0 aliphatic carbocycles. The maximum Gasteiger partial charge on any atom is 0.119 e. The number of aryl methyl sites for hydroxylation is 1. The van der Waals surface area contributed by atoms with Gasteiger partial charge in [-0.25, -0.2) is 4.98 Å². The molecule has 0 radical (unpaired) electrons. The number of hydrogen-bond donors (Lipinski definition) is 1. The Morgan fingerprint density at radius 2 is 2.24 bits per heavy atom. The molecule has 1 aromatic heterocycles. The zero-order chi connectivity index (χ0) is 12.3. The van der Waals surface area contributed by atoms with Crippen molar-refractivity contribution in [1.82, 2.24) is 4.98 Å². The molecule has 4 heteroatoms. The minimum atomic E-state index is 0.647.